The highest BCUT2D eigenvalue weighted by Crippen LogP contribution is 2.39. The summed E-state index contributed by atoms with van der Waals surface area (Å²) in [5.74, 6) is -0.780. The Kier molecular flexibility index (Phi) is 6.18. The Bertz CT molecular complexity index is 1210. The van der Waals surface area contributed by atoms with E-state index in [1.165, 1.54) is 11.3 Å². The Morgan fingerprint density at radius 1 is 0.871 bits per heavy atom. The van der Waals surface area contributed by atoms with Crippen LogP contribution >= 0.6 is 11.3 Å². The van der Waals surface area contributed by atoms with Crippen LogP contribution in [-0.2, 0) is 16.0 Å². The van der Waals surface area contributed by atoms with Crippen LogP contribution in [0.2, 0.25) is 0 Å². The first-order valence-electron chi connectivity index (χ1n) is 10.2. The van der Waals surface area contributed by atoms with Crippen LogP contribution in [0.1, 0.15) is 39.4 Å². The number of carbonyl (C=O) groups is 2. The number of esters is 2. The summed E-state index contributed by atoms with van der Waals surface area (Å²) < 4.78 is 12.7. The summed E-state index contributed by atoms with van der Waals surface area (Å²) in [7, 11) is 0. The van der Waals surface area contributed by atoms with Crippen molar-refractivity contribution in [3.8, 4) is 11.3 Å². The first-order valence-corrected chi connectivity index (χ1v) is 11.0. The van der Waals surface area contributed by atoms with Gasteiger partial charge in [0.1, 0.15) is 9.71 Å². The SMILES string of the molecule is CCOC(=O)c1cc2c(C(=O)OCC)c(-c3ccccc3)n(Cc3ccccc3)c2s1. The molecule has 0 N–H and O–H groups in total. The molecule has 2 aromatic carbocycles. The zero-order valence-corrected chi connectivity index (χ0v) is 18.3. The standard InChI is InChI=1S/C25H23NO4S/c1-3-29-24(27)20-15-19-21(25(28)30-4-2)22(18-13-9-6-10-14-18)26(23(19)31-20)16-17-11-7-5-8-12-17/h5-15H,3-4,16H2,1-2H3. The number of fused-ring (bicyclic) bond motifs is 1. The molecule has 4 rings (SSSR count). The van der Waals surface area contributed by atoms with E-state index in [4.69, 9.17) is 9.47 Å². The molecule has 158 valence electrons. The molecule has 2 aromatic heterocycles. The molecule has 0 unspecified atom stereocenters. The van der Waals surface area contributed by atoms with Gasteiger partial charge in [0.15, 0.2) is 0 Å². The number of carbonyl (C=O) groups excluding carboxylic acids is 2. The van der Waals surface area contributed by atoms with Crippen molar-refractivity contribution >= 4 is 33.5 Å². The zero-order chi connectivity index (χ0) is 21.8. The second-order valence-electron chi connectivity index (χ2n) is 6.93. The molecule has 0 radical (unpaired) electrons. The van der Waals surface area contributed by atoms with Gasteiger partial charge in [-0.25, -0.2) is 9.59 Å². The monoisotopic (exact) mass is 433 g/mol. The molecular formula is C25H23NO4S. The second-order valence-corrected chi connectivity index (χ2v) is 7.96. The number of benzene rings is 2. The van der Waals surface area contributed by atoms with E-state index >= 15 is 0 Å². The zero-order valence-electron chi connectivity index (χ0n) is 17.5. The van der Waals surface area contributed by atoms with Crippen LogP contribution < -0.4 is 0 Å². The molecular weight excluding hydrogens is 410 g/mol. The maximum Gasteiger partial charge on any atom is 0.348 e. The predicted molar refractivity (Wildman–Crippen MR) is 123 cm³/mol. The van der Waals surface area contributed by atoms with E-state index in [0.717, 1.165) is 21.7 Å². The number of hydrogen-bond donors (Lipinski definition) is 0. The van der Waals surface area contributed by atoms with E-state index < -0.39 is 5.97 Å². The third-order valence-electron chi connectivity index (χ3n) is 4.92. The van der Waals surface area contributed by atoms with Gasteiger partial charge in [0, 0.05) is 11.9 Å². The first-order chi connectivity index (χ1) is 15.1. The van der Waals surface area contributed by atoms with Crippen molar-refractivity contribution in [2.24, 2.45) is 0 Å². The van der Waals surface area contributed by atoms with Crippen molar-refractivity contribution in [1.29, 1.82) is 0 Å². The Hall–Kier alpha value is -3.38. The third-order valence-corrected chi connectivity index (χ3v) is 6.06. The first kappa shape index (κ1) is 20.9. The molecule has 0 atom stereocenters. The lowest BCUT2D eigenvalue weighted by Gasteiger charge is -2.13. The minimum Gasteiger partial charge on any atom is -0.462 e. The van der Waals surface area contributed by atoms with Crippen molar-refractivity contribution in [1.82, 2.24) is 4.57 Å². The van der Waals surface area contributed by atoms with Crippen LogP contribution in [0.3, 0.4) is 0 Å². The summed E-state index contributed by atoms with van der Waals surface area (Å²) in [4.78, 5) is 26.8. The summed E-state index contributed by atoms with van der Waals surface area (Å²) in [6.07, 6.45) is 0. The highest BCUT2D eigenvalue weighted by atomic mass is 32.1. The van der Waals surface area contributed by atoms with Crippen LogP contribution in [0, 0.1) is 0 Å². The number of nitrogens with zero attached hydrogens (tertiary/aromatic N) is 1. The van der Waals surface area contributed by atoms with Gasteiger partial charge in [-0.1, -0.05) is 60.7 Å². The van der Waals surface area contributed by atoms with Gasteiger partial charge in [-0.2, -0.15) is 0 Å². The molecule has 5 nitrogen and oxygen atoms in total. The van der Waals surface area contributed by atoms with Gasteiger partial charge in [-0.15, -0.1) is 11.3 Å². The smallest absolute Gasteiger partial charge is 0.348 e. The summed E-state index contributed by atoms with van der Waals surface area (Å²) in [6.45, 7) is 4.69. The van der Waals surface area contributed by atoms with Crippen LogP contribution in [0.15, 0.2) is 66.7 Å². The molecule has 0 amide bonds. The molecule has 0 aliphatic heterocycles. The number of aromatic nitrogens is 1. The predicted octanol–water partition coefficient (Wildman–Crippen LogP) is 5.77. The van der Waals surface area contributed by atoms with E-state index in [1.54, 1.807) is 19.9 Å². The molecule has 0 aliphatic carbocycles. The number of hydrogen-bond acceptors (Lipinski definition) is 5. The molecule has 0 fully saturated rings. The lowest BCUT2D eigenvalue weighted by Crippen LogP contribution is -2.09. The van der Waals surface area contributed by atoms with E-state index in [0.29, 0.717) is 29.0 Å². The minimum atomic E-state index is -0.397. The summed E-state index contributed by atoms with van der Waals surface area (Å²) in [5, 5.41) is 0.710. The van der Waals surface area contributed by atoms with Crippen molar-refractivity contribution in [2.75, 3.05) is 13.2 Å². The number of rotatable bonds is 7. The average molecular weight is 434 g/mol. The van der Waals surface area contributed by atoms with Gasteiger partial charge in [0.25, 0.3) is 0 Å². The van der Waals surface area contributed by atoms with Crippen molar-refractivity contribution in [3.05, 3.63) is 82.7 Å². The minimum absolute atomic E-state index is 0.271. The van der Waals surface area contributed by atoms with Crippen LogP contribution in [0.4, 0.5) is 0 Å². The fourth-order valence-corrected chi connectivity index (χ4v) is 4.72. The fourth-order valence-electron chi connectivity index (χ4n) is 3.65. The van der Waals surface area contributed by atoms with Gasteiger partial charge < -0.3 is 14.0 Å². The van der Waals surface area contributed by atoms with Crippen LogP contribution in [-0.4, -0.2) is 29.7 Å². The van der Waals surface area contributed by atoms with Crippen molar-refractivity contribution in [2.45, 2.75) is 20.4 Å². The topological polar surface area (TPSA) is 57.5 Å². The lowest BCUT2D eigenvalue weighted by molar-refractivity contribution is 0.0519. The molecule has 2 heterocycles. The van der Waals surface area contributed by atoms with Crippen LogP contribution in [0.5, 0.6) is 0 Å². The molecule has 0 bridgehead atoms. The third kappa shape index (κ3) is 4.11. The Labute approximate surface area is 184 Å². The molecule has 6 heteroatoms. The summed E-state index contributed by atoms with van der Waals surface area (Å²) >= 11 is 1.34. The van der Waals surface area contributed by atoms with E-state index in [9.17, 15) is 9.59 Å². The lowest BCUT2D eigenvalue weighted by atomic mass is 10.1. The molecule has 31 heavy (non-hydrogen) atoms. The normalized spacial score (nSPS) is 10.9. The summed E-state index contributed by atoms with van der Waals surface area (Å²) in [5.41, 5.74) is 3.28. The quantitative estimate of drug-likeness (QED) is 0.347. The van der Waals surface area contributed by atoms with E-state index in [2.05, 4.69) is 4.57 Å². The molecule has 0 aliphatic rings. The highest BCUT2D eigenvalue weighted by Gasteiger charge is 2.28. The van der Waals surface area contributed by atoms with E-state index in [-0.39, 0.29) is 12.6 Å². The summed E-state index contributed by atoms with van der Waals surface area (Å²) in [6, 6.07) is 21.6. The molecule has 0 spiro atoms. The molecule has 0 saturated heterocycles. The average Bonchev–Trinajstić information content (AvgIpc) is 3.34. The number of thiophene rings is 1. The maximum atomic E-state index is 13.1. The van der Waals surface area contributed by atoms with Gasteiger partial charge in [0.2, 0.25) is 0 Å². The van der Waals surface area contributed by atoms with Gasteiger partial charge in [0.05, 0.1) is 24.5 Å². The maximum absolute atomic E-state index is 13.1. The Morgan fingerprint density at radius 3 is 2.13 bits per heavy atom. The van der Waals surface area contributed by atoms with E-state index in [1.807, 2.05) is 60.7 Å². The Balaban J connectivity index is 1.99. The highest BCUT2D eigenvalue weighted by molar-refractivity contribution is 7.20. The van der Waals surface area contributed by atoms with Gasteiger partial charge in [-0.05, 0) is 31.0 Å². The molecule has 0 saturated carbocycles. The largest absolute Gasteiger partial charge is 0.462 e. The van der Waals surface area contributed by atoms with Crippen molar-refractivity contribution < 1.29 is 19.1 Å². The Morgan fingerprint density at radius 2 is 1.48 bits per heavy atom. The van der Waals surface area contributed by atoms with Crippen LogP contribution in [0.25, 0.3) is 21.5 Å². The fraction of sp³-hybridized carbons (Fsp3) is 0.200. The molecule has 4 aromatic rings. The van der Waals surface area contributed by atoms with Gasteiger partial charge >= 0.3 is 11.9 Å². The van der Waals surface area contributed by atoms with Gasteiger partial charge in [-0.3, -0.25) is 0 Å². The second kappa shape index (κ2) is 9.18. The number of ether oxygens (including phenoxy) is 2. The van der Waals surface area contributed by atoms with Crippen molar-refractivity contribution in [3.63, 3.8) is 0 Å².